The molecule has 1 aromatic carbocycles. The van der Waals surface area contributed by atoms with Crippen LogP contribution >= 0.6 is 0 Å². The summed E-state index contributed by atoms with van der Waals surface area (Å²) in [6, 6.07) is 5.25. The lowest BCUT2D eigenvalue weighted by Gasteiger charge is -2.18. The highest BCUT2D eigenvalue weighted by Gasteiger charge is 2.18. The highest BCUT2D eigenvalue weighted by molar-refractivity contribution is 6.01. The monoisotopic (exact) mass is 222 g/mol. The lowest BCUT2D eigenvalue weighted by atomic mass is 10.1. The average Bonchev–Trinajstić information content (AvgIpc) is 2.28. The minimum Gasteiger partial charge on any atom is -0.493 e. The van der Waals surface area contributed by atoms with Crippen molar-refractivity contribution in [1.29, 1.82) is 0 Å². The molecule has 0 radical (unpaired) electrons. The zero-order valence-electron chi connectivity index (χ0n) is 9.99. The van der Waals surface area contributed by atoms with Crippen molar-refractivity contribution in [2.45, 2.75) is 13.8 Å². The van der Waals surface area contributed by atoms with Gasteiger partial charge in [-0.1, -0.05) is 6.07 Å². The maximum absolute atomic E-state index is 12.1. The van der Waals surface area contributed by atoms with Crippen molar-refractivity contribution in [3.63, 3.8) is 0 Å². The number of carbonyl (C=O) groups is 1. The van der Waals surface area contributed by atoms with Crippen molar-refractivity contribution in [1.82, 2.24) is 4.90 Å². The molecule has 0 fully saturated rings. The topological polar surface area (TPSA) is 55.6 Å². The first-order valence-corrected chi connectivity index (χ1v) is 5.38. The van der Waals surface area contributed by atoms with E-state index in [0.717, 1.165) is 0 Å². The van der Waals surface area contributed by atoms with E-state index in [4.69, 9.17) is 10.5 Å². The number of nitrogens with zero attached hydrogens (tertiary/aromatic N) is 1. The summed E-state index contributed by atoms with van der Waals surface area (Å²) in [5, 5.41) is 0. The van der Waals surface area contributed by atoms with E-state index in [1.54, 1.807) is 30.1 Å². The van der Waals surface area contributed by atoms with Crippen molar-refractivity contribution in [3.8, 4) is 5.75 Å². The molecule has 0 heterocycles. The minimum absolute atomic E-state index is 0.107. The molecule has 1 amide bonds. The molecule has 0 aliphatic heterocycles. The zero-order valence-corrected chi connectivity index (χ0v) is 9.99. The lowest BCUT2D eigenvalue weighted by molar-refractivity contribution is 0.0799. The van der Waals surface area contributed by atoms with E-state index in [2.05, 4.69) is 0 Å². The SMILES string of the molecule is CCOc1cccc(N)c1C(=O)N(C)CC. The predicted octanol–water partition coefficient (Wildman–Crippen LogP) is 1.76. The van der Waals surface area contributed by atoms with Crippen LogP contribution in [-0.4, -0.2) is 31.0 Å². The first-order valence-electron chi connectivity index (χ1n) is 5.38. The average molecular weight is 222 g/mol. The molecule has 0 spiro atoms. The number of rotatable bonds is 4. The second-order valence-corrected chi connectivity index (χ2v) is 3.47. The van der Waals surface area contributed by atoms with Crippen LogP contribution in [0.1, 0.15) is 24.2 Å². The number of ether oxygens (including phenoxy) is 1. The van der Waals surface area contributed by atoms with E-state index >= 15 is 0 Å². The fourth-order valence-electron chi connectivity index (χ4n) is 1.39. The number of hydrogen-bond acceptors (Lipinski definition) is 3. The molecule has 1 aromatic rings. The third-order valence-electron chi connectivity index (χ3n) is 2.39. The molecular weight excluding hydrogens is 204 g/mol. The molecule has 0 saturated carbocycles. The van der Waals surface area contributed by atoms with Crippen molar-refractivity contribution in [2.24, 2.45) is 0 Å². The predicted molar refractivity (Wildman–Crippen MR) is 64.7 cm³/mol. The van der Waals surface area contributed by atoms with Crippen LogP contribution in [0.25, 0.3) is 0 Å². The molecule has 4 nitrogen and oxygen atoms in total. The molecule has 0 bridgehead atoms. The molecule has 2 N–H and O–H groups in total. The number of benzene rings is 1. The summed E-state index contributed by atoms with van der Waals surface area (Å²) in [5.41, 5.74) is 6.72. The maximum atomic E-state index is 12.1. The quantitative estimate of drug-likeness (QED) is 0.790. The summed E-state index contributed by atoms with van der Waals surface area (Å²) < 4.78 is 5.41. The van der Waals surface area contributed by atoms with Crippen LogP contribution in [0.15, 0.2) is 18.2 Å². The van der Waals surface area contributed by atoms with Crippen LogP contribution in [0, 0.1) is 0 Å². The number of nitrogens with two attached hydrogens (primary N) is 1. The molecule has 0 aliphatic rings. The van der Waals surface area contributed by atoms with Crippen molar-refractivity contribution < 1.29 is 9.53 Å². The first kappa shape index (κ1) is 12.4. The standard InChI is InChI=1S/C12H18N2O2/c1-4-14(3)12(15)11-9(13)7-6-8-10(11)16-5-2/h6-8H,4-5,13H2,1-3H3. The normalized spacial score (nSPS) is 9.94. The van der Waals surface area contributed by atoms with Crippen LogP contribution < -0.4 is 10.5 Å². The molecule has 0 atom stereocenters. The van der Waals surface area contributed by atoms with Crippen molar-refractivity contribution in [2.75, 3.05) is 25.9 Å². The summed E-state index contributed by atoms with van der Waals surface area (Å²) in [7, 11) is 1.74. The van der Waals surface area contributed by atoms with Crippen LogP contribution in [0.5, 0.6) is 5.75 Å². The van der Waals surface area contributed by atoms with Crippen LogP contribution in [-0.2, 0) is 0 Å². The Kier molecular flexibility index (Phi) is 4.17. The van der Waals surface area contributed by atoms with Gasteiger partial charge in [-0.2, -0.15) is 0 Å². The van der Waals surface area contributed by atoms with Gasteiger partial charge < -0.3 is 15.4 Å². The Labute approximate surface area is 96.0 Å². The van der Waals surface area contributed by atoms with Gasteiger partial charge in [-0.3, -0.25) is 4.79 Å². The second kappa shape index (κ2) is 5.39. The Morgan fingerprint density at radius 2 is 2.12 bits per heavy atom. The van der Waals surface area contributed by atoms with Gasteiger partial charge in [0.05, 0.1) is 6.61 Å². The minimum atomic E-state index is -0.107. The van der Waals surface area contributed by atoms with Gasteiger partial charge >= 0.3 is 0 Å². The zero-order chi connectivity index (χ0) is 12.1. The third kappa shape index (κ3) is 2.45. The molecule has 4 heteroatoms. The van der Waals surface area contributed by atoms with Crippen LogP contribution in [0.2, 0.25) is 0 Å². The molecule has 0 aromatic heterocycles. The summed E-state index contributed by atoms with van der Waals surface area (Å²) >= 11 is 0. The molecule has 88 valence electrons. The van der Waals surface area contributed by atoms with Gasteiger partial charge in [0.1, 0.15) is 11.3 Å². The Balaban J connectivity index is 3.14. The van der Waals surface area contributed by atoms with Gasteiger partial charge in [0.25, 0.3) is 5.91 Å². The number of anilines is 1. The molecule has 1 rings (SSSR count). The van der Waals surface area contributed by atoms with E-state index in [1.165, 1.54) is 0 Å². The van der Waals surface area contributed by atoms with Gasteiger partial charge in [0.2, 0.25) is 0 Å². The van der Waals surface area contributed by atoms with Gasteiger partial charge in [-0.05, 0) is 26.0 Å². The summed E-state index contributed by atoms with van der Waals surface area (Å²) in [5.74, 6) is 0.442. The maximum Gasteiger partial charge on any atom is 0.259 e. The van der Waals surface area contributed by atoms with Gasteiger partial charge in [0, 0.05) is 19.3 Å². The molecule has 0 saturated heterocycles. The Morgan fingerprint density at radius 1 is 1.44 bits per heavy atom. The van der Waals surface area contributed by atoms with Crippen LogP contribution in [0.4, 0.5) is 5.69 Å². The Bertz CT molecular complexity index is 377. The number of hydrogen-bond donors (Lipinski definition) is 1. The van der Waals surface area contributed by atoms with E-state index < -0.39 is 0 Å². The molecule has 0 unspecified atom stereocenters. The van der Waals surface area contributed by atoms with E-state index in [0.29, 0.717) is 30.2 Å². The van der Waals surface area contributed by atoms with Gasteiger partial charge in [-0.15, -0.1) is 0 Å². The lowest BCUT2D eigenvalue weighted by Crippen LogP contribution is -2.27. The number of carbonyl (C=O) groups excluding carboxylic acids is 1. The fourth-order valence-corrected chi connectivity index (χ4v) is 1.39. The van der Waals surface area contributed by atoms with Crippen molar-refractivity contribution >= 4 is 11.6 Å². The van der Waals surface area contributed by atoms with E-state index in [1.807, 2.05) is 13.8 Å². The van der Waals surface area contributed by atoms with Crippen LogP contribution in [0.3, 0.4) is 0 Å². The summed E-state index contributed by atoms with van der Waals surface area (Å²) in [4.78, 5) is 13.7. The number of amides is 1. The summed E-state index contributed by atoms with van der Waals surface area (Å²) in [6.45, 7) is 4.94. The largest absolute Gasteiger partial charge is 0.493 e. The highest BCUT2D eigenvalue weighted by atomic mass is 16.5. The molecule has 0 aliphatic carbocycles. The first-order chi connectivity index (χ1) is 7.61. The highest BCUT2D eigenvalue weighted by Crippen LogP contribution is 2.25. The number of nitrogen functional groups attached to an aromatic ring is 1. The van der Waals surface area contributed by atoms with Gasteiger partial charge in [0.15, 0.2) is 0 Å². The van der Waals surface area contributed by atoms with E-state index in [9.17, 15) is 4.79 Å². The van der Waals surface area contributed by atoms with E-state index in [-0.39, 0.29) is 5.91 Å². The van der Waals surface area contributed by atoms with Gasteiger partial charge in [-0.25, -0.2) is 0 Å². The smallest absolute Gasteiger partial charge is 0.259 e. The fraction of sp³-hybridized carbons (Fsp3) is 0.417. The Morgan fingerprint density at radius 3 is 2.69 bits per heavy atom. The van der Waals surface area contributed by atoms with Crippen molar-refractivity contribution in [3.05, 3.63) is 23.8 Å². The molecule has 16 heavy (non-hydrogen) atoms. The summed E-state index contributed by atoms with van der Waals surface area (Å²) in [6.07, 6.45) is 0. The Hall–Kier alpha value is -1.71. The third-order valence-corrected chi connectivity index (χ3v) is 2.39. The second-order valence-electron chi connectivity index (χ2n) is 3.47. The molecular formula is C12H18N2O2.